The van der Waals surface area contributed by atoms with E-state index in [0.717, 1.165) is 6.54 Å². The number of nitrogens with zero attached hydrogens (tertiary/aromatic N) is 6. The average Bonchev–Trinajstić information content (AvgIpc) is 3.41. The fourth-order valence-electron chi connectivity index (χ4n) is 4.59. The second kappa shape index (κ2) is 12.6. The summed E-state index contributed by atoms with van der Waals surface area (Å²) in [5.74, 6) is 0.226. The molecule has 0 spiro atoms. The van der Waals surface area contributed by atoms with Crippen LogP contribution in [-0.4, -0.2) is 85.8 Å². The minimum absolute atomic E-state index is 0.00722. The second-order valence-corrected chi connectivity index (χ2v) is 9.95. The van der Waals surface area contributed by atoms with Crippen molar-refractivity contribution in [2.75, 3.05) is 32.1 Å². The standard InChI is InChI=1S/C27H35N7O4/c1-19-13-34(20(2)17-35)27(37)12-22-11-23(29-26(36)16-33-18-28-30-31-33)9-10-24(22)38-25(19)15-32(3)14-21-7-5-4-6-8-21/h4-11,18-20,25,35H,12-17H2,1-3H3,(H,29,36)/t19-,20+,25+/m1/s1. The maximum absolute atomic E-state index is 13.4. The Morgan fingerprint density at radius 2 is 2.05 bits per heavy atom. The van der Waals surface area contributed by atoms with E-state index in [4.69, 9.17) is 4.74 Å². The maximum atomic E-state index is 13.4. The van der Waals surface area contributed by atoms with Gasteiger partial charge in [-0.3, -0.25) is 14.5 Å². The first-order valence-corrected chi connectivity index (χ1v) is 12.8. The fourth-order valence-corrected chi connectivity index (χ4v) is 4.59. The molecule has 0 bridgehead atoms. The van der Waals surface area contributed by atoms with Crippen LogP contribution in [0.5, 0.6) is 5.75 Å². The number of aliphatic hydroxyl groups is 1. The van der Waals surface area contributed by atoms with E-state index in [1.807, 2.05) is 25.1 Å². The molecule has 1 aliphatic rings. The number of likely N-dealkylation sites (N-methyl/N-ethyl adjacent to an activating group) is 1. The Labute approximate surface area is 222 Å². The molecule has 11 heteroatoms. The van der Waals surface area contributed by atoms with Crippen molar-refractivity contribution < 1.29 is 19.4 Å². The van der Waals surface area contributed by atoms with Gasteiger partial charge in [-0.1, -0.05) is 37.3 Å². The predicted octanol–water partition coefficient (Wildman–Crippen LogP) is 1.59. The van der Waals surface area contributed by atoms with Gasteiger partial charge in [-0.2, -0.15) is 0 Å². The van der Waals surface area contributed by atoms with Crippen LogP contribution in [0.2, 0.25) is 0 Å². The van der Waals surface area contributed by atoms with Crippen LogP contribution in [0.1, 0.15) is 25.0 Å². The number of fused-ring (bicyclic) bond motifs is 1. The Balaban J connectivity index is 1.57. The summed E-state index contributed by atoms with van der Waals surface area (Å²) in [5.41, 5.74) is 2.43. The number of hydrogen-bond donors (Lipinski definition) is 2. The van der Waals surface area contributed by atoms with Crippen LogP contribution >= 0.6 is 0 Å². The molecule has 0 saturated carbocycles. The molecule has 0 radical (unpaired) electrons. The van der Waals surface area contributed by atoms with Gasteiger partial charge in [0.2, 0.25) is 11.8 Å². The largest absolute Gasteiger partial charge is 0.488 e. The highest BCUT2D eigenvalue weighted by Crippen LogP contribution is 2.29. The van der Waals surface area contributed by atoms with Gasteiger partial charge in [0.1, 0.15) is 24.7 Å². The van der Waals surface area contributed by atoms with E-state index >= 15 is 0 Å². The summed E-state index contributed by atoms with van der Waals surface area (Å²) in [5, 5.41) is 23.5. The summed E-state index contributed by atoms with van der Waals surface area (Å²) >= 11 is 0. The van der Waals surface area contributed by atoms with E-state index < -0.39 is 0 Å². The lowest BCUT2D eigenvalue weighted by Crippen LogP contribution is -2.47. The van der Waals surface area contributed by atoms with Crippen LogP contribution in [0.4, 0.5) is 5.69 Å². The molecular weight excluding hydrogens is 486 g/mol. The van der Waals surface area contributed by atoms with Gasteiger partial charge < -0.3 is 20.1 Å². The number of carbonyl (C=O) groups excluding carboxylic acids is 2. The number of nitrogens with one attached hydrogen (secondary N) is 1. The summed E-state index contributed by atoms with van der Waals surface area (Å²) in [6, 6.07) is 15.3. The normalized spacial score (nSPS) is 18.7. The number of aromatic nitrogens is 4. The molecular formula is C27H35N7O4. The molecule has 3 aromatic rings. The monoisotopic (exact) mass is 521 g/mol. The molecule has 1 aliphatic heterocycles. The third-order valence-electron chi connectivity index (χ3n) is 6.68. The number of tetrazole rings is 1. The number of ether oxygens (including phenoxy) is 1. The summed E-state index contributed by atoms with van der Waals surface area (Å²) in [7, 11) is 2.05. The van der Waals surface area contributed by atoms with Crippen LogP contribution in [0.25, 0.3) is 0 Å². The SMILES string of the molecule is C[C@@H]1CN([C@@H](C)CO)C(=O)Cc2cc(NC(=O)Cn3cnnn3)ccc2O[C@H]1CN(C)Cc1ccccc1. The molecule has 0 saturated heterocycles. The van der Waals surface area contributed by atoms with Crippen molar-refractivity contribution in [2.45, 2.75) is 45.5 Å². The molecule has 1 aromatic heterocycles. The highest BCUT2D eigenvalue weighted by molar-refractivity contribution is 5.91. The molecule has 0 aliphatic carbocycles. The molecule has 4 rings (SSSR count). The van der Waals surface area contributed by atoms with Crippen LogP contribution in [-0.2, 0) is 29.1 Å². The molecule has 202 valence electrons. The number of aliphatic hydroxyl groups excluding tert-OH is 1. The van der Waals surface area contributed by atoms with E-state index in [-0.39, 0.29) is 49.5 Å². The third-order valence-corrected chi connectivity index (χ3v) is 6.68. The first-order chi connectivity index (χ1) is 18.3. The lowest BCUT2D eigenvalue weighted by molar-refractivity contribution is -0.134. The summed E-state index contributed by atoms with van der Waals surface area (Å²) in [6.07, 6.45) is 1.25. The molecule has 3 atom stereocenters. The number of rotatable bonds is 9. The minimum Gasteiger partial charge on any atom is -0.488 e. The van der Waals surface area contributed by atoms with Crippen LogP contribution in [0.15, 0.2) is 54.9 Å². The third kappa shape index (κ3) is 7.14. The molecule has 2 heterocycles. The Hall–Kier alpha value is -3.83. The van der Waals surface area contributed by atoms with Gasteiger partial charge in [-0.05, 0) is 48.2 Å². The van der Waals surface area contributed by atoms with Gasteiger partial charge in [0.15, 0.2) is 0 Å². The van der Waals surface area contributed by atoms with Crippen LogP contribution in [0.3, 0.4) is 0 Å². The van der Waals surface area contributed by atoms with Gasteiger partial charge in [0, 0.05) is 36.8 Å². The lowest BCUT2D eigenvalue weighted by atomic mass is 10.0. The van der Waals surface area contributed by atoms with Gasteiger partial charge in [-0.15, -0.1) is 5.10 Å². The fraction of sp³-hybridized carbons (Fsp3) is 0.444. The first kappa shape index (κ1) is 27.2. The summed E-state index contributed by atoms with van der Waals surface area (Å²) < 4.78 is 7.89. The van der Waals surface area contributed by atoms with E-state index in [1.54, 1.807) is 23.1 Å². The highest BCUT2D eigenvalue weighted by atomic mass is 16.5. The van der Waals surface area contributed by atoms with E-state index in [2.05, 4.69) is 51.8 Å². The summed E-state index contributed by atoms with van der Waals surface area (Å²) in [6.45, 7) is 5.64. The van der Waals surface area contributed by atoms with Crippen molar-refractivity contribution in [1.29, 1.82) is 0 Å². The summed E-state index contributed by atoms with van der Waals surface area (Å²) in [4.78, 5) is 29.8. The number of amides is 2. The minimum atomic E-state index is -0.326. The molecule has 0 unspecified atom stereocenters. The Morgan fingerprint density at radius 3 is 2.76 bits per heavy atom. The molecule has 11 nitrogen and oxygen atoms in total. The zero-order valence-corrected chi connectivity index (χ0v) is 22.0. The molecule has 2 N–H and O–H groups in total. The smallest absolute Gasteiger partial charge is 0.246 e. The van der Waals surface area contributed by atoms with E-state index in [9.17, 15) is 14.7 Å². The van der Waals surface area contributed by atoms with E-state index in [0.29, 0.717) is 30.1 Å². The first-order valence-electron chi connectivity index (χ1n) is 12.8. The zero-order valence-electron chi connectivity index (χ0n) is 22.0. The Kier molecular flexibility index (Phi) is 9.03. The number of hydrogen-bond acceptors (Lipinski definition) is 8. The number of benzene rings is 2. The quantitative estimate of drug-likeness (QED) is 0.435. The van der Waals surface area contributed by atoms with Crippen molar-refractivity contribution in [3.8, 4) is 5.75 Å². The van der Waals surface area contributed by atoms with E-state index in [1.165, 1.54) is 16.6 Å². The molecule has 0 fully saturated rings. The maximum Gasteiger partial charge on any atom is 0.246 e. The second-order valence-electron chi connectivity index (χ2n) is 9.95. The lowest BCUT2D eigenvalue weighted by Gasteiger charge is -2.34. The van der Waals surface area contributed by atoms with Crippen molar-refractivity contribution in [2.24, 2.45) is 5.92 Å². The average molecular weight is 522 g/mol. The van der Waals surface area contributed by atoms with Crippen molar-refractivity contribution in [3.05, 3.63) is 66.0 Å². The number of anilines is 1. The topological polar surface area (TPSA) is 126 Å². The Bertz CT molecular complexity index is 1210. The molecule has 2 aromatic carbocycles. The van der Waals surface area contributed by atoms with Crippen molar-refractivity contribution in [3.63, 3.8) is 0 Å². The van der Waals surface area contributed by atoms with Gasteiger partial charge >= 0.3 is 0 Å². The predicted molar refractivity (Wildman–Crippen MR) is 141 cm³/mol. The van der Waals surface area contributed by atoms with Crippen LogP contribution in [0, 0.1) is 5.92 Å². The van der Waals surface area contributed by atoms with Gasteiger partial charge in [0.05, 0.1) is 19.1 Å². The van der Waals surface area contributed by atoms with Gasteiger partial charge in [0.25, 0.3) is 0 Å². The van der Waals surface area contributed by atoms with Crippen molar-refractivity contribution in [1.82, 2.24) is 30.0 Å². The Morgan fingerprint density at radius 1 is 1.26 bits per heavy atom. The zero-order chi connectivity index (χ0) is 27.1. The van der Waals surface area contributed by atoms with Crippen LogP contribution < -0.4 is 10.1 Å². The van der Waals surface area contributed by atoms with Crippen molar-refractivity contribution >= 4 is 17.5 Å². The molecule has 2 amide bonds. The van der Waals surface area contributed by atoms with Gasteiger partial charge in [-0.25, -0.2) is 4.68 Å². The highest BCUT2D eigenvalue weighted by Gasteiger charge is 2.31. The molecule has 38 heavy (non-hydrogen) atoms. The number of carbonyl (C=O) groups is 2.